The zero-order chi connectivity index (χ0) is 12.4. The normalized spacial score (nSPS) is 12.2. The third-order valence-corrected chi connectivity index (χ3v) is 9.04. The van der Waals surface area contributed by atoms with Crippen LogP contribution in [-0.4, -0.2) is 14.5 Å². The molecule has 0 bridgehead atoms. The van der Waals surface area contributed by atoms with E-state index < -0.39 is 0 Å². The van der Waals surface area contributed by atoms with E-state index in [9.17, 15) is 0 Å². The molecule has 0 nitrogen and oxygen atoms in total. The first-order valence-electron chi connectivity index (χ1n) is 6.13. The van der Waals surface area contributed by atoms with Gasteiger partial charge in [0, 0.05) is 0 Å². The number of hydrogen-bond donors (Lipinski definition) is 0. The Morgan fingerprint density at radius 3 is 1.63 bits per heavy atom. The van der Waals surface area contributed by atoms with Crippen molar-refractivity contribution >= 4 is 75.3 Å². The second-order valence-electron chi connectivity index (χ2n) is 4.62. The van der Waals surface area contributed by atoms with Gasteiger partial charge in [0.25, 0.3) is 0 Å². The summed E-state index contributed by atoms with van der Waals surface area (Å²) >= 11 is 4.49. The van der Waals surface area contributed by atoms with Gasteiger partial charge in [0.15, 0.2) is 0 Å². The molecule has 3 heteroatoms. The van der Waals surface area contributed by atoms with E-state index in [-0.39, 0.29) is 0 Å². The SMILES string of the molecule is c1ccc2c(c1)sc1[se]c3sc4ccccc4c3c12. The van der Waals surface area contributed by atoms with E-state index in [4.69, 9.17) is 0 Å². The summed E-state index contributed by atoms with van der Waals surface area (Å²) in [6, 6.07) is 17.7. The Kier molecular flexibility index (Phi) is 2.08. The second-order valence-corrected chi connectivity index (χ2v) is 10.0. The fourth-order valence-electron chi connectivity index (χ4n) is 2.75. The zero-order valence-corrected chi connectivity index (χ0v) is 13.2. The molecule has 2 aromatic carbocycles. The molecule has 0 radical (unpaired) electrons. The van der Waals surface area contributed by atoms with Gasteiger partial charge in [-0.2, -0.15) is 0 Å². The van der Waals surface area contributed by atoms with E-state index in [0.717, 1.165) is 0 Å². The van der Waals surface area contributed by atoms with Gasteiger partial charge in [-0.15, -0.1) is 0 Å². The number of thiophene rings is 2. The van der Waals surface area contributed by atoms with Crippen LogP contribution in [0.1, 0.15) is 0 Å². The first kappa shape index (κ1) is 10.6. The van der Waals surface area contributed by atoms with Crippen LogP contribution in [0.5, 0.6) is 0 Å². The summed E-state index contributed by atoms with van der Waals surface area (Å²) in [5.74, 6) is 0. The molecule has 0 amide bonds. The van der Waals surface area contributed by atoms with Crippen molar-refractivity contribution in [3.63, 3.8) is 0 Å². The summed E-state index contributed by atoms with van der Waals surface area (Å²) in [4.78, 5) is 0. The molecule has 3 heterocycles. The summed E-state index contributed by atoms with van der Waals surface area (Å²) < 4.78 is 6.10. The minimum absolute atomic E-state index is 0.512. The Bertz CT molecular complexity index is 977. The maximum absolute atomic E-state index is 2.28. The average molecular weight is 343 g/mol. The van der Waals surface area contributed by atoms with Gasteiger partial charge in [0.05, 0.1) is 0 Å². The first-order valence-corrected chi connectivity index (χ1v) is 9.48. The van der Waals surface area contributed by atoms with Crippen molar-refractivity contribution < 1.29 is 0 Å². The number of fused-ring (bicyclic) bond motifs is 7. The minimum atomic E-state index is 0.512. The number of hydrogen-bond acceptors (Lipinski definition) is 2. The standard InChI is InChI=1S/C16H8S2Se/c1-3-7-11-9(5-1)13-14-10-6-2-4-8-12(10)18-16(14)19-15(13)17-11/h1-8H. The van der Waals surface area contributed by atoms with Crippen LogP contribution in [0.4, 0.5) is 0 Å². The fraction of sp³-hybridized carbons (Fsp3) is 0. The molecule has 90 valence electrons. The zero-order valence-electron chi connectivity index (χ0n) is 9.84. The van der Waals surface area contributed by atoms with Crippen LogP contribution in [0.15, 0.2) is 48.5 Å². The molecule has 0 N–H and O–H groups in total. The molecular formula is C16H8S2Se. The van der Waals surface area contributed by atoms with E-state index in [1.54, 1.807) is 7.15 Å². The van der Waals surface area contributed by atoms with Crippen LogP contribution in [-0.2, 0) is 0 Å². The average Bonchev–Trinajstić information content (AvgIpc) is 3.04. The first-order chi connectivity index (χ1) is 9.42. The quantitative estimate of drug-likeness (QED) is 0.327. The summed E-state index contributed by atoms with van der Waals surface area (Å²) in [7, 11) is 0. The van der Waals surface area contributed by atoms with Crippen molar-refractivity contribution in [1.29, 1.82) is 0 Å². The van der Waals surface area contributed by atoms with E-state index in [1.807, 2.05) is 22.7 Å². The molecule has 0 spiro atoms. The van der Waals surface area contributed by atoms with E-state index >= 15 is 0 Å². The van der Waals surface area contributed by atoms with Crippen molar-refractivity contribution in [2.75, 3.05) is 0 Å². The third-order valence-electron chi connectivity index (χ3n) is 3.56. The van der Waals surface area contributed by atoms with E-state index in [2.05, 4.69) is 48.5 Å². The molecule has 5 aromatic rings. The van der Waals surface area contributed by atoms with Crippen molar-refractivity contribution in [3.8, 4) is 0 Å². The van der Waals surface area contributed by atoms with Crippen LogP contribution in [0.25, 0.3) is 38.1 Å². The molecule has 5 rings (SSSR count). The van der Waals surface area contributed by atoms with Crippen molar-refractivity contribution in [2.45, 2.75) is 0 Å². The molecule has 0 fully saturated rings. The Labute approximate surface area is 123 Å². The van der Waals surface area contributed by atoms with Crippen molar-refractivity contribution in [2.24, 2.45) is 0 Å². The van der Waals surface area contributed by atoms with Gasteiger partial charge in [-0.05, 0) is 0 Å². The van der Waals surface area contributed by atoms with Crippen LogP contribution in [0, 0.1) is 0 Å². The molecule has 0 unspecified atom stereocenters. The van der Waals surface area contributed by atoms with Crippen molar-refractivity contribution in [1.82, 2.24) is 0 Å². The fourth-order valence-corrected chi connectivity index (χ4v) is 9.18. The van der Waals surface area contributed by atoms with Crippen LogP contribution >= 0.6 is 22.7 Å². The molecule has 19 heavy (non-hydrogen) atoms. The Morgan fingerprint density at radius 1 is 0.632 bits per heavy atom. The third kappa shape index (κ3) is 1.34. The monoisotopic (exact) mass is 344 g/mol. The Balaban J connectivity index is 2.16. The summed E-state index contributed by atoms with van der Waals surface area (Å²) in [5, 5.41) is 5.97. The van der Waals surface area contributed by atoms with E-state index in [0.29, 0.717) is 14.5 Å². The van der Waals surface area contributed by atoms with Crippen molar-refractivity contribution in [3.05, 3.63) is 48.5 Å². The number of benzene rings is 2. The van der Waals surface area contributed by atoms with Gasteiger partial charge >= 0.3 is 124 Å². The van der Waals surface area contributed by atoms with Gasteiger partial charge in [-0.1, -0.05) is 0 Å². The van der Waals surface area contributed by atoms with Gasteiger partial charge in [0.1, 0.15) is 0 Å². The molecule has 0 saturated heterocycles. The summed E-state index contributed by atoms with van der Waals surface area (Å²) in [5.41, 5.74) is 0. The topological polar surface area (TPSA) is 0 Å². The molecular weight excluding hydrogens is 335 g/mol. The molecule has 0 aliphatic carbocycles. The van der Waals surface area contributed by atoms with E-state index in [1.165, 1.54) is 30.9 Å². The predicted octanol–water partition coefficient (Wildman–Crippen LogP) is 5.48. The summed E-state index contributed by atoms with van der Waals surface area (Å²) in [6.07, 6.45) is 0. The maximum atomic E-state index is 2.28. The van der Waals surface area contributed by atoms with Crippen LogP contribution < -0.4 is 0 Å². The molecule has 0 atom stereocenters. The second kappa shape index (κ2) is 3.71. The van der Waals surface area contributed by atoms with Crippen LogP contribution in [0.3, 0.4) is 0 Å². The van der Waals surface area contributed by atoms with Gasteiger partial charge in [-0.3, -0.25) is 0 Å². The van der Waals surface area contributed by atoms with Crippen LogP contribution in [0.2, 0.25) is 0 Å². The molecule has 3 aromatic heterocycles. The Hall–Kier alpha value is -1.12. The predicted molar refractivity (Wildman–Crippen MR) is 89.2 cm³/mol. The Morgan fingerprint density at radius 2 is 1.11 bits per heavy atom. The van der Waals surface area contributed by atoms with Gasteiger partial charge in [-0.25, -0.2) is 0 Å². The van der Waals surface area contributed by atoms with Gasteiger partial charge < -0.3 is 0 Å². The van der Waals surface area contributed by atoms with Gasteiger partial charge in [0.2, 0.25) is 0 Å². The molecule has 0 aliphatic heterocycles. The summed E-state index contributed by atoms with van der Waals surface area (Å²) in [6.45, 7) is 0. The number of rotatable bonds is 0. The molecule has 0 saturated carbocycles. The molecule has 0 aliphatic rings.